The molecular formula is C23H23N7O. The van der Waals surface area contributed by atoms with Crippen LogP contribution in [0.2, 0.25) is 0 Å². The molecule has 0 radical (unpaired) electrons. The van der Waals surface area contributed by atoms with Crippen LogP contribution in [-0.4, -0.2) is 53.0 Å². The van der Waals surface area contributed by atoms with Gasteiger partial charge in [0.15, 0.2) is 0 Å². The highest BCUT2D eigenvalue weighted by Crippen LogP contribution is 2.30. The number of fused-ring (bicyclic) bond motifs is 2. The Hall–Kier alpha value is -3.78. The van der Waals surface area contributed by atoms with Gasteiger partial charge in [-0.1, -0.05) is 18.2 Å². The van der Waals surface area contributed by atoms with Crippen LogP contribution in [0.1, 0.15) is 11.4 Å². The molecule has 4 aromatic rings. The molecule has 1 saturated heterocycles. The monoisotopic (exact) mass is 413 g/mol. The van der Waals surface area contributed by atoms with Gasteiger partial charge in [-0.3, -0.25) is 15.0 Å². The van der Waals surface area contributed by atoms with E-state index in [1.165, 1.54) is 0 Å². The highest BCUT2D eigenvalue weighted by molar-refractivity contribution is 6.10. The molecular weight excluding hydrogens is 390 g/mol. The Labute approximate surface area is 179 Å². The van der Waals surface area contributed by atoms with E-state index in [0.29, 0.717) is 13.2 Å². The summed E-state index contributed by atoms with van der Waals surface area (Å²) >= 11 is 0. The number of nitrogens with zero attached hydrogens (tertiary/aromatic N) is 5. The van der Waals surface area contributed by atoms with E-state index in [0.717, 1.165) is 64.1 Å². The highest BCUT2D eigenvalue weighted by Gasteiger charge is 2.20. The topological polar surface area (TPSA) is 105 Å². The fourth-order valence-electron chi connectivity index (χ4n) is 4.12. The SMILES string of the molecule is Cc1nc2c(C(N)=NC=N)cc(N3CCOCC3)cc2n1-c1cnc2ccccc2c1. The van der Waals surface area contributed by atoms with Gasteiger partial charge in [0.2, 0.25) is 0 Å². The van der Waals surface area contributed by atoms with Crippen molar-refractivity contribution in [2.75, 3.05) is 31.2 Å². The van der Waals surface area contributed by atoms with Gasteiger partial charge in [0.05, 0.1) is 36.1 Å². The molecule has 1 fully saturated rings. The van der Waals surface area contributed by atoms with Gasteiger partial charge < -0.3 is 15.4 Å². The number of pyridine rings is 1. The van der Waals surface area contributed by atoms with Crippen LogP contribution in [0.25, 0.3) is 27.6 Å². The summed E-state index contributed by atoms with van der Waals surface area (Å²) in [7, 11) is 0. The number of ether oxygens (including phenoxy) is 1. The molecule has 0 unspecified atom stereocenters. The highest BCUT2D eigenvalue weighted by atomic mass is 16.5. The number of para-hydroxylation sites is 1. The third-order valence-corrected chi connectivity index (χ3v) is 5.60. The van der Waals surface area contributed by atoms with Gasteiger partial charge in [-0.25, -0.2) is 9.98 Å². The minimum Gasteiger partial charge on any atom is -0.383 e. The summed E-state index contributed by atoms with van der Waals surface area (Å²) in [6.07, 6.45) is 2.83. The van der Waals surface area contributed by atoms with E-state index >= 15 is 0 Å². The first-order chi connectivity index (χ1) is 15.2. The molecule has 3 N–H and O–H groups in total. The lowest BCUT2D eigenvalue weighted by atomic mass is 10.1. The van der Waals surface area contributed by atoms with Crippen molar-refractivity contribution in [3.63, 3.8) is 0 Å². The predicted molar refractivity (Wildman–Crippen MR) is 124 cm³/mol. The first kappa shape index (κ1) is 19.2. The number of hydrogen-bond donors (Lipinski definition) is 2. The number of nitrogens with one attached hydrogen (secondary N) is 1. The lowest BCUT2D eigenvalue weighted by Crippen LogP contribution is -2.36. The minimum atomic E-state index is 0.274. The molecule has 2 aromatic carbocycles. The van der Waals surface area contributed by atoms with Gasteiger partial charge in [-0.05, 0) is 31.2 Å². The van der Waals surface area contributed by atoms with Crippen LogP contribution in [0.15, 0.2) is 53.7 Å². The molecule has 2 aromatic heterocycles. The third-order valence-electron chi connectivity index (χ3n) is 5.60. The molecule has 0 atom stereocenters. The second kappa shape index (κ2) is 7.81. The Morgan fingerprint density at radius 1 is 1.16 bits per heavy atom. The van der Waals surface area contributed by atoms with Crippen LogP contribution in [0.4, 0.5) is 5.69 Å². The Bertz CT molecular complexity index is 1320. The maximum absolute atomic E-state index is 7.35. The maximum atomic E-state index is 7.35. The summed E-state index contributed by atoms with van der Waals surface area (Å²) in [5.41, 5.74) is 11.6. The summed E-state index contributed by atoms with van der Waals surface area (Å²) in [6, 6.07) is 14.3. The number of benzene rings is 2. The Kier molecular flexibility index (Phi) is 4.83. The van der Waals surface area contributed by atoms with Crippen molar-refractivity contribution in [2.24, 2.45) is 10.7 Å². The van der Waals surface area contributed by atoms with E-state index in [9.17, 15) is 0 Å². The van der Waals surface area contributed by atoms with Crippen LogP contribution in [0.5, 0.6) is 0 Å². The van der Waals surface area contributed by atoms with Crippen molar-refractivity contribution in [2.45, 2.75) is 6.92 Å². The van der Waals surface area contributed by atoms with Crippen molar-refractivity contribution < 1.29 is 4.74 Å². The molecule has 31 heavy (non-hydrogen) atoms. The molecule has 1 aliphatic rings. The van der Waals surface area contributed by atoms with Gasteiger partial charge in [0.1, 0.15) is 23.5 Å². The number of aromatic nitrogens is 3. The molecule has 8 nitrogen and oxygen atoms in total. The number of aliphatic imine (C=N–C) groups is 1. The lowest BCUT2D eigenvalue weighted by molar-refractivity contribution is 0.122. The maximum Gasteiger partial charge on any atom is 0.134 e. The fraction of sp³-hybridized carbons (Fsp3) is 0.217. The van der Waals surface area contributed by atoms with Crippen molar-refractivity contribution in [1.29, 1.82) is 5.41 Å². The summed E-state index contributed by atoms with van der Waals surface area (Å²) in [5, 5.41) is 8.41. The van der Waals surface area contributed by atoms with E-state index in [2.05, 4.69) is 37.6 Å². The minimum absolute atomic E-state index is 0.274. The molecule has 0 saturated carbocycles. The van der Waals surface area contributed by atoms with E-state index < -0.39 is 0 Å². The number of hydrogen-bond acceptors (Lipinski definition) is 5. The number of anilines is 1. The van der Waals surface area contributed by atoms with Gasteiger partial charge in [-0.15, -0.1) is 0 Å². The van der Waals surface area contributed by atoms with Crippen LogP contribution >= 0.6 is 0 Å². The zero-order valence-electron chi connectivity index (χ0n) is 17.2. The molecule has 8 heteroatoms. The largest absolute Gasteiger partial charge is 0.383 e. The zero-order chi connectivity index (χ0) is 21.4. The van der Waals surface area contributed by atoms with Crippen molar-refractivity contribution >= 4 is 39.8 Å². The van der Waals surface area contributed by atoms with Crippen LogP contribution in [0, 0.1) is 12.3 Å². The third kappa shape index (κ3) is 3.40. The lowest BCUT2D eigenvalue weighted by Gasteiger charge is -2.29. The molecule has 0 aliphatic carbocycles. The Balaban J connectivity index is 1.76. The number of morpholine rings is 1. The summed E-state index contributed by atoms with van der Waals surface area (Å²) in [4.78, 5) is 15.7. The summed E-state index contributed by atoms with van der Waals surface area (Å²) in [6.45, 7) is 4.94. The smallest absolute Gasteiger partial charge is 0.134 e. The van der Waals surface area contributed by atoms with Crippen LogP contribution in [0.3, 0.4) is 0 Å². The Morgan fingerprint density at radius 2 is 1.97 bits per heavy atom. The van der Waals surface area contributed by atoms with Crippen molar-refractivity contribution in [3.8, 4) is 5.69 Å². The quantitative estimate of drug-likeness (QED) is 0.395. The first-order valence-electron chi connectivity index (χ1n) is 10.2. The van der Waals surface area contributed by atoms with E-state index in [4.69, 9.17) is 20.9 Å². The number of aryl methyl sites for hydroxylation is 1. The molecule has 5 rings (SSSR count). The number of rotatable bonds is 4. The number of amidine groups is 1. The van der Waals surface area contributed by atoms with Crippen LogP contribution in [-0.2, 0) is 4.74 Å². The Morgan fingerprint density at radius 3 is 2.77 bits per heavy atom. The summed E-state index contributed by atoms with van der Waals surface area (Å²) < 4.78 is 7.61. The molecule has 1 aliphatic heterocycles. The standard InChI is InChI=1S/C23H23N7O/c1-15-28-22-19(23(25)27-14-24)11-17(29-6-8-31-9-7-29)12-21(22)30(15)18-10-16-4-2-3-5-20(16)26-13-18/h2-5,10-14H,6-9H2,1H3,(H3,24,25,27). The van der Waals surface area contributed by atoms with E-state index in [1.807, 2.05) is 37.4 Å². The fourth-order valence-corrected chi connectivity index (χ4v) is 4.12. The molecule has 3 heterocycles. The average Bonchev–Trinajstić information content (AvgIpc) is 3.14. The van der Waals surface area contributed by atoms with Crippen molar-refractivity contribution in [1.82, 2.24) is 14.5 Å². The normalized spacial score (nSPS) is 15.0. The molecule has 0 spiro atoms. The molecule has 156 valence electrons. The van der Waals surface area contributed by atoms with Crippen LogP contribution < -0.4 is 10.6 Å². The second-order valence-corrected chi connectivity index (χ2v) is 7.48. The zero-order valence-corrected chi connectivity index (χ0v) is 17.2. The van der Waals surface area contributed by atoms with Gasteiger partial charge in [-0.2, -0.15) is 0 Å². The second-order valence-electron chi connectivity index (χ2n) is 7.48. The van der Waals surface area contributed by atoms with Gasteiger partial charge in [0, 0.05) is 29.7 Å². The molecule has 0 bridgehead atoms. The number of imidazole rings is 1. The van der Waals surface area contributed by atoms with Crippen molar-refractivity contribution in [3.05, 3.63) is 60.0 Å². The predicted octanol–water partition coefficient (Wildman–Crippen LogP) is 3.03. The average molecular weight is 413 g/mol. The molecule has 0 amide bonds. The first-order valence-corrected chi connectivity index (χ1v) is 10.2. The van der Waals surface area contributed by atoms with E-state index in [1.54, 1.807) is 0 Å². The van der Waals surface area contributed by atoms with Gasteiger partial charge in [0.25, 0.3) is 0 Å². The van der Waals surface area contributed by atoms with E-state index in [-0.39, 0.29) is 5.84 Å². The summed E-state index contributed by atoms with van der Waals surface area (Å²) in [5.74, 6) is 1.10. The number of nitrogens with two attached hydrogens (primary N) is 1. The van der Waals surface area contributed by atoms with Gasteiger partial charge >= 0.3 is 0 Å².